The monoisotopic (exact) mass is 282 g/mol. The van der Waals surface area contributed by atoms with Crippen molar-refractivity contribution in [1.29, 1.82) is 0 Å². The van der Waals surface area contributed by atoms with Crippen molar-refractivity contribution in [2.75, 3.05) is 11.9 Å². The van der Waals surface area contributed by atoms with Crippen molar-refractivity contribution in [2.45, 2.75) is 32.4 Å². The molecule has 2 aliphatic rings. The van der Waals surface area contributed by atoms with Crippen LogP contribution in [0.5, 0.6) is 0 Å². The van der Waals surface area contributed by atoms with E-state index >= 15 is 0 Å². The van der Waals surface area contributed by atoms with Crippen LogP contribution in [0.3, 0.4) is 0 Å². The van der Waals surface area contributed by atoms with E-state index in [1.54, 1.807) is 6.20 Å². The first kappa shape index (κ1) is 9.72. The van der Waals surface area contributed by atoms with E-state index in [2.05, 4.69) is 59.8 Å². The summed E-state index contributed by atoms with van der Waals surface area (Å²) in [6, 6.07) is 10.5. The van der Waals surface area contributed by atoms with Crippen LogP contribution in [0.1, 0.15) is 35.0 Å². The fourth-order valence-electron chi connectivity index (χ4n) is 3.38. The number of para-hydroxylation sites is 1. The lowest BCUT2D eigenvalue weighted by atomic mass is 10.0. The largest absolute Gasteiger partial charge is 0.358 e. The number of anilines is 1. The molecule has 1 unspecified atom stereocenters. The molecule has 0 bridgehead atoms. The molecule has 1 atom stereocenters. The Morgan fingerprint density at radius 3 is 2.86 bits per heavy atom. The Morgan fingerprint density at radius 2 is 2.05 bits per heavy atom. The van der Waals surface area contributed by atoms with Crippen molar-refractivity contribution in [2.24, 2.45) is 0 Å². The van der Waals surface area contributed by atoms with E-state index in [-0.39, 0.29) is 6.17 Å². The molecule has 3 nitrogen and oxygen atoms in total. The van der Waals surface area contributed by atoms with E-state index in [4.69, 9.17) is 4.11 Å². The second kappa shape index (κ2) is 4.42. The number of benzene rings is 1. The van der Waals surface area contributed by atoms with Crippen LogP contribution in [-0.4, -0.2) is 22.6 Å². The quantitative estimate of drug-likeness (QED) is 0.832. The van der Waals surface area contributed by atoms with Gasteiger partial charge in [-0.2, -0.15) is 0 Å². The van der Waals surface area contributed by atoms with Crippen molar-refractivity contribution >= 4 is 5.82 Å². The minimum absolute atomic E-state index is 0.152. The van der Waals surface area contributed by atoms with Crippen molar-refractivity contribution < 1.29 is 4.11 Å². The third-order valence-corrected chi connectivity index (χ3v) is 4.44. The number of hydrogen-bond donors (Lipinski definition) is 0. The highest BCUT2D eigenvalue weighted by Gasteiger charge is 2.36. The summed E-state index contributed by atoms with van der Waals surface area (Å²) in [5, 5.41) is 0. The molecule has 0 saturated carbocycles. The molecule has 108 valence electrons. The Labute approximate surface area is 130 Å². The summed E-state index contributed by atoms with van der Waals surface area (Å²) >= 11 is 0. The molecule has 0 saturated heterocycles. The zero-order valence-corrected chi connectivity index (χ0v) is 12.3. The standard InChI is InChI=1S/C18H21N3/c1-13(2)15-6-4-5-7-16(15)20-9-8-14-12-17-19(3)10-11-21(17)18(14)20/h4-11,13,17H,12H2,1-3H3/i3D3. The lowest BCUT2D eigenvalue weighted by molar-refractivity contribution is 0.367. The molecule has 3 heteroatoms. The third-order valence-electron chi connectivity index (χ3n) is 4.44. The fraction of sp³-hybridized carbons (Fsp3) is 0.333. The highest BCUT2D eigenvalue weighted by molar-refractivity contribution is 5.64. The van der Waals surface area contributed by atoms with Gasteiger partial charge in [0.25, 0.3) is 0 Å². The molecule has 3 heterocycles. The van der Waals surface area contributed by atoms with Gasteiger partial charge in [0.05, 0.1) is 5.69 Å². The molecule has 2 aliphatic heterocycles. The maximum atomic E-state index is 7.72. The average molecular weight is 282 g/mol. The summed E-state index contributed by atoms with van der Waals surface area (Å²) in [5.74, 6) is 1.50. The molecular formula is C18H21N3. The molecule has 0 aliphatic carbocycles. The normalized spacial score (nSPS) is 22.2. The zero-order chi connectivity index (χ0) is 17.1. The summed E-state index contributed by atoms with van der Waals surface area (Å²) in [6.07, 6.45) is 6.23. The molecule has 0 N–H and O–H groups in total. The third kappa shape index (κ3) is 1.73. The van der Waals surface area contributed by atoms with Crippen molar-refractivity contribution in [3.8, 4) is 5.69 Å². The SMILES string of the molecule is [2H]C([2H])([2H])N1C=CN2c3c(ccn3-c3ccccc3C(C)C)CC21. The van der Waals surface area contributed by atoms with Crippen molar-refractivity contribution in [3.05, 3.63) is 60.1 Å². The molecule has 0 radical (unpaired) electrons. The first-order valence-electron chi connectivity index (χ1n) is 8.92. The van der Waals surface area contributed by atoms with Gasteiger partial charge in [-0.15, -0.1) is 0 Å². The van der Waals surface area contributed by atoms with E-state index in [1.807, 2.05) is 6.20 Å². The summed E-state index contributed by atoms with van der Waals surface area (Å²) in [4.78, 5) is 3.56. The lowest BCUT2D eigenvalue weighted by Gasteiger charge is -2.25. The van der Waals surface area contributed by atoms with E-state index < -0.39 is 6.98 Å². The van der Waals surface area contributed by atoms with Crippen molar-refractivity contribution in [3.63, 3.8) is 0 Å². The Hall–Kier alpha value is -2.16. The maximum absolute atomic E-state index is 7.72. The second-order valence-corrected chi connectivity index (χ2v) is 6.05. The highest BCUT2D eigenvalue weighted by atomic mass is 15.4. The Bertz CT molecular complexity index is 804. The molecule has 4 rings (SSSR count). The van der Waals surface area contributed by atoms with E-state index in [9.17, 15) is 0 Å². The summed E-state index contributed by atoms with van der Waals surface area (Å²) < 4.78 is 25.4. The van der Waals surface area contributed by atoms with Crippen LogP contribution in [0.25, 0.3) is 5.69 Å². The molecular weight excluding hydrogens is 258 g/mol. The van der Waals surface area contributed by atoms with Gasteiger partial charge in [0.1, 0.15) is 12.0 Å². The molecule has 21 heavy (non-hydrogen) atoms. The molecule has 1 aromatic carbocycles. The van der Waals surface area contributed by atoms with Crippen LogP contribution in [0.15, 0.2) is 48.9 Å². The van der Waals surface area contributed by atoms with Crippen LogP contribution in [-0.2, 0) is 6.42 Å². The number of nitrogens with zero attached hydrogens (tertiary/aromatic N) is 3. The molecule has 1 aromatic heterocycles. The molecule has 0 fully saturated rings. The van der Waals surface area contributed by atoms with Crippen LogP contribution < -0.4 is 4.90 Å². The Morgan fingerprint density at radius 1 is 1.19 bits per heavy atom. The van der Waals surface area contributed by atoms with Gasteiger partial charge < -0.3 is 14.4 Å². The number of rotatable bonds is 2. The van der Waals surface area contributed by atoms with Crippen molar-refractivity contribution in [1.82, 2.24) is 9.47 Å². The topological polar surface area (TPSA) is 11.4 Å². The number of likely N-dealkylation sites (N-methyl/N-ethyl adjacent to an activating group) is 1. The predicted molar refractivity (Wildman–Crippen MR) is 86.7 cm³/mol. The van der Waals surface area contributed by atoms with Crippen LogP contribution in [0, 0.1) is 0 Å². The highest BCUT2D eigenvalue weighted by Crippen LogP contribution is 2.40. The average Bonchev–Trinajstić information content (AvgIpc) is 3.16. The fourth-order valence-corrected chi connectivity index (χ4v) is 3.38. The van der Waals surface area contributed by atoms with Gasteiger partial charge in [0.15, 0.2) is 0 Å². The van der Waals surface area contributed by atoms with Gasteiger partial charge in [0, 0.05) is 36.1 Å². The van der Waals surface area contributed by atoms with Crippen LogP contribution in [0.4, 0.5) is 5.82 Å². The Balaban J connectivity index is 1.78. The summed E-state index contributed by atoms with van der Waals surface area (Å²) in [5.41, 5.74) is 3.64. The van der Waals surface area contributed by atoms with E-state index in [0.717, 1.165) is 17.9 Å². The van der Waals surface area contributed by atoms with Gasteiger partial charge in [0.2, 0.25) is 0 Å². The first-order chi connectivity index (χ1) is 11.4. The zero-order valence-electron chi connectivity index (χ0n) is 15.3. The second-order valence-electron chi connectivity index (χ2n) is 6.05. The van der Waals surface area contributed by atoms with Gasteiger partial charge in [-0.1, -0.05) is 32.0 Å². The minimum Gasteiger partial charge on any atom is -0.358 e. The van der Waals surface area contributed by atoms with E-state index in [0.29, 0.717) is 5.92 Å². The maximum Gasteiger partial charge on any atom is 0.122 e. The summed E-state index contributed by atoms with van der Waals surface area (Å²) in [6.45, 7) is 2.27. The number of aromatic nitrogens is 1. The summed E-state index contributed by atoms with van der Waals surface area (Å²) in [7, 11) is 0. The smallest absolute Gasteiger partial charge is 0.122 e. The molecule has 2 aromatic rings. The van der Waals surface area contributed by atoms with E-state index in [1.165, 1.54) is 16.0 Å². The minimum atomic E-state index is -2.11. The Kier molecular flexibility index (Phi) is 2.04. The van der Waals surface area contributed by atoms with Crippen LogP contribution >= 0.6 is 0 Å². The molecule has 0 spiro atoms. The number of fused-ring (bicyclic) bond motifs is 3. The first-order valence-corrected chi connectivity index (χ1v) is 7.42. The molecule has 0 amide bonds. The lowest BCUT2D eigenvalue weighted by Crippen LogP contribution is -2.34. The van der Waals surface area contributed by atoms with Gasteiger partial charge >= 0.3 is 0 Å². The van der Waals surface area contributed by atoms with Gasteiger partial charge in [-0.25, -0.2) is 0 Å². The van der Waals surface area contributed by atoms with Crippen LogP contribution in [0.2, 0.25) is 0 Å². The van der Waals surface area contributed by atoms with Gasteiger partial charge in [-0.05, 0) is 29.2 Å². The predicted octanol–water partition coefficient (Wildman–Crippen LogP) is 3.71. The van der Waals surface area contributed by atoms with Gasteiger partial charge in [-0.3, -0.25) is 0 Å². The number of hydrogen-bond acceptors (Lipinski definition) is 2.